The van der Waals surface area contributed by atoms with Gasteiger partial charge in [-0.15, -0.1) is 0 Å². The number of amides is 1. The van der Waals surface area contributed by atoms with Crippen LogP contribution in [-0.4, -0.2) is 49.6 Å². The summed E-state index contributed by atoms with van der Waals surface area (Å²) in [6, 6.07) is 10.5. The van der Waals surface area contributed by atoms with Gasteiger partial charge in [-0.25, -0.2) is 9.37 Å². The van der Waals surface area contributed by atoms with Crippen molar-refractivity contribution in [1.29, 1.82) is 0 Å². The molecular weight excluding hydrogens is 321 g/mol. The summed E-state index contributed by atoms with van der Waals surface area (Å²) in [5, 5.41) is 0. The topological polar surface area (TPSA) is 45.7 Å². The normalized spacial score (nSPS) is 16.8. The number of aromatic nitrogens is 1. The zero-order valence-electron chi connectivity index (χ0n) is 14.5. The Morgan fingerprint density at radius 1 is 1.36 bits per heavy atom. The van der Waals surface area contributed by atoms with Gasteiger partial charge in [0.05, 0.1) is 12.8 Å². The van der Waals surface area contributed by atoms with E-state index in [9.17, 15) is 9.18 Å². The van der Waals surface area contributed by atoms with E-state index in [2.05, 4.69) is 4.98 Å². The summed E-state index contributed by atoms with van der Waals surface area (Å²) in [5.41, 5.74) is 1.71. The number of benzene rings is 1. The summed E-state index contributed by atoms with van der Waals surface area (Å²) in [4.78, 5) is 20.4. The second kappa shape index (κ2) is 7.51. The summed E-state index contributed by atoms with van der Waals surface area (Å²) in [6.45, 7) is 1.85. The Labute approximate surface area is 147 Å². The third kappa shape index (κ3) is 4.26. The van der Waals surface area contributed by atoms with Crippen LogP contribution < -0.4 is 9.64 Å². The van der Waals surface area contributed by atoms with Crippen molar-refractivity contribution in [2.75, 3.05) is 38.7 Å². The molecule has 0 spiro atoms. The molecule has 1 fully saturated rings. The van der Waals surface area contributed by atoms with E-state index in [1.165, 1.54) is 12.1 Å². The number of carbonyl (C=O) groups is 1. The summed E-state index contributed by atoms with van der Waals surface area (Å²) < 4.78 is 18.4. The predicted octanol–water partition coefficient (Wildman–Crippen LogP) is 2.83. The summed E-state index contributed by atoms with van der Waals surface area (Å²) >= 11 is 0. The molecular formula is C19H22FN3O2. The third-order valence-electron chi connectivity index (χ3n) is 4.35. The highest BCUT2D eigenvalue weighted by Gasteiger charge is 2.27. The molecule has 2 aromatic rings. The number of anilines is 1. The van der Waals surface area contributed by atoms with Gasteiger partial charge in [-0.05, 0) is 30.7 Å². The first-order chi connectivity index (χ1) is 12.0. The van der Waals surface area contributed by atoms with Crippen molar-refractivity contribution in [2.24, 2.45) is 5.92 Å². The van der Waals surface area contributed by atoms with Crippen LogP contribution in [0.25, 0.3) is 0 Å². The minimum absolute atomic E-state index is 0.0473. The van der Waals surface area contributed by atoms with Gasteiger partial charge in [0.25, 0.3) is 5.91 Å². The average molecular weight is 343 g/mol. The van der Waals surface area contributed by atoms with Gasteiger partial charge in [0, 0.05) is 50.4 Å². The first kappa shape index (κ1) is 17.2. The Bertz CT molecular complexity index is 734. The zero-order valence-corrected chi connectivity index (χ0v) is 14.5. The Morgan fingerprint density at radius 2 is 2.20 bits per heavy atom. The van der Waals surface area contributed by atoms with Crippen LogP contribution in [0.3, 0.4) is 0 Å². The number of ether oxygens (including phenoxy) is 1. The van der Waals surface area contributed by atoms with Crippen LogP contribution in [0.5, 0.6) is 5.88 Å². The first-order valence-electron chi connectivity index (χ1n) is 8.34. The molecule has 0 bridgehead atoms. The van der Waals surface area contributed by atoms with Crippen LogP contribution in [0.4, 0.5) is 10.1 Å². The number of nitrogens with zero attached hydrogens (tertiary/aromatic N) is 3. The molecule has 1 aromatic carbocycles. The maximum atomic E-state index is 12.8. The number of hydrogen-bond acceptors (Lipinski definition) is 4. The standard InChI is InChI=1S/C19H22FN3O2/c1-22(2)17-5-3-4-15(10-17)19(24)23-9-8-14(12-23)13-25-18-7-6-16(20)11-21-18/h3-7,10-11,14H,8-9,12-13H2,1-2H3. The highest BCUT2D eigenvalue weighted by atomic mass is 19.1. The smallest absolute Gasteiger partial charge is 0.253 e. The lowest BCUT2D eigenvalue weighted by Crippen LogP contribution is -2.29. The van der Waals surface area contributed by atoms with E-state index < -0.39 is 0 Å². The zero-order chi connectivity index (χ0) is 17.8. The number of hydrogen-bond donors (Lipinski definition) is 0. The van der Waals surface area contributed by atoms with E-state index in [-0.39, 0.29) is 17.6 Å². The molecule has 132 valence electrons. The lowest BCUT2D eigenvalue weighted by molar-refractivity contribution is 0.0783. The fourth-order valence-corrected chi connectivity index (χ4v) is 2.90. The van der Waals surface area contributed by atoms with Crippen molar-refractivity contribution in [1.82, 2.24) is 9.88 Å². The maximum absolute atomic E-state index is 12.8. The third-order valence-corrected chi connectivity index (χ3v) is 4.35. The Kier molecular flexibility index (Phi) is 5.16. The summed E-state index contributed by atoms with van der Waals surface area (Å²) in [7, 11) is 3.91. The van der Waals surface area contributed by atoms with E-state index in [1.807, 2.05) is 48.2 Å². The highest BCUT2D eigenvalue weighted by Crippen LogP contribution is 2.21. The molecule has 1 aromatic heterocycles. The van der Waals surface area contributed by atoms with E-state index in [1.54, 1.807) is 0 Å². The molecule has 0 N–H and O–H groups in total. The maximum Gasteiger partial charge on any atom is 0.253 e. The van der Waals surface area contributed by atoms with Crippen LogP contribution in [-0.2, 0) is 0 Å². The molecule has 1 aliphatic heterocycles. The molecule has 1 amide bonds. The SMILES string of the molecule is CN(C)c1cccc(C(=O)N2CCC(COc3ccc(F)cn3)C2)c1. The molecule has 0 radical (unpaired) electrons. The summed E-state index contributed by atoms with van der Waals surface area (Å²) in [5.74, 6) is 0.328. The Balaban J connectivity index is 1.56. The van der Waals surface area contributed by atoms with Crippen molar-refractivity contribution < 1.29 is 13.9 Å². The van der Waals surface area contributed by atoms with Crippen molar-refractivity contribution in [3.63, 3.8) is 0 Å². The largest absolute Gasteiger partial charge is 0.477 e. The molecule has 1 aliphatic rings. The van der Waals surface area contributed by atoms with Gasteiger partial charge >= 0.3 is 0 Å². The quantitative estimate of drug-likeness (QED) is 0.837. The predicted molar refractivity (Wildman–Crippen MR) is 94.5 cm³/mol. The van der Waals surface area contributed by atoms with Crippen molar-refractivity contribution >= 4 is 11.6 Å². The lowest BCUT2D eigenvalue weighted by Gasteiger charge is -2.18. The monoisotopic (exact) mass is 343 g/mol. The van der Waals surface area contributed by atoms with Crippen LogP contribution >= 0.6 is 0 Å². The first-order valence-corrected chi connectivity index (χ1v) is 8.34. The van der Waals surface area contributed by atoms with Gasteiger partial charge in [-0.3, -0.25) is 4.79 Å². The molecule has 6 heteroatoms. The number of halogens is 1. The minimum Gasteiger partial charge on any atom is -0.477 e. The van der Waals surface area contributed by atoms with Gasteiger partial charge in [-0.2, -0.15) is 0 Å². The molecule has 0 aliphatic carbocycles. The second-order valence-electron chi connectivity index (χ2n) is 6.48. The van der Waals surface area contributed by atoms with Gasteiger partial charge in [0.15, 0.2) is 0 Å². The average Bonchev–Trinajstić information content (AvgIpc) is 3.09. The van der Waals surface area contributed by atoms with E-state index in [0.29, 0.717) is 24.6 Å². The van der Waals surface area contributed by atoms with Crippen molar-refractivity contribution in [2.45, 2.75) is 6.42 Å². The Hall–Kier alpha value is -2.63. The van der Waals surface area contributed by atoms with Gasteiger partial charge < -0.3 is 14.5 Å². The van der Waals surface area contributed by atoms with Crippen molar-refractivity contribution in [3.8, 4) is 5.88 Å². The molecule has 2 heterocycles. The van der Waals surface area contributed by atoms with Crippen LogP contribution in [0.1, 0.15) is 16.8 Å². The fraction of sp³-hybridized carbons (Fsp3) is 0.368. The molecule has 1 saturated heterocycles. The van der Waals surface area contributed by atoms with E-state index >= 15 is 0 Å². The number of likely N-dealkylation sites (tertiary alicyclic amines) is 1. The van der Waals surface area contributed by atoms with E-state index in [4.69, 9.17) is 4.74 Å². The molecule has 0 saturated carbocycles. The van der Waals surface area contributed by atoms with Crippen molar-refractivity contribution in [3.05, 3.63) is 54.0 Å². The summed E-state index contributed by atoms with van der Waals surface area (Å²) in [6.07, 6.45) is 2.03. The molecule has 1 unspecified atom stereocenters. The number of rotatable bonds is 5. The fourth-order valence-electron chi connectivity index (χ4n) is 2.90. The molecule has 5 nitrogen and oxygen atoms in total. The second-order valence-corrected chi connectivity index (χ2v) is 6.48. The minimum atomic E-state index is -0.384. The van der Waals surface area contributed by atoms with Crippen LogP contribution in [0, 0.1) is 11.7 Å². The van der Waals surface area contributed by atoms with Crippen LogP contribution in [0.2, 0.25) is 0 Å². The number of pyridine rings is 1. The molecule has 25 heavy (non-hydrogen) atoms. The highest BCUT2D eigenvalue weighted by molar-refractivity contribution is 5.95. The van der Waals surface area contributed by atoms with Gasteiger partial charge in [0.2, 0.25) is 5.88 Å². The lowest BCUT2D eigenvalue weighted by atomic mass is 10.1. The van der Waals surface area contributed by atoms with Gasteiger partial charge in [0.1, 0.15) is 5.82 Å². The molecule has 1 atom stereocenters. The Morgan fingerprint density at radius 3 is 2.92 bits per heavy atom. The van der Waals surface area contributed by atoms with Crippen LogP contribution in [0.15, 0.2) is 42.6 Å². The van der Waals surface area contributed by atoms with Gasteiger partial charge in [-0.1, -0.05) is 6.07 Å². The molecule has 3 rings (SSSR count). The van der Waals surface area contributed by atoms with E-state index in [0.717, 1.165) is 24.8 Å². The number of carbonyl (C=O) groups excluding carboxylic acids is 1.